The van der Waals surface area contributed by atoms with Crippen molar-refractivity contribution >= 4 is 44.8 Å². The lowest BCUT2D eigenvalue weighted by molar-refractivity contribution is 0.0696. The lowest BCUT2D eigenvalue weighted by Gasteiger charge is -2.05. The summed E-state index contributed by atoms with van der Waals surface area (Å²) in [5.74, 6) is -1.42. The molecule has 0 saturated heterocycles. The molecule has 6 nitrogen and oxygen atoms in total. The number of aromatic carboxylic acids is 1. The highest BCUT2D eigenvalue weighted by molar-refractivity contribution is 9.11. The van der Waals surface area contributed by atoms with Gasteiger partial charge in [-0.25, -0.2) is 9.48 Å². The predicted molar refractivity (Wildman–Crippen MR) is 116 cm³/mol. The van der Waals surface area contributed by atoms with E-state index in [1.807, 2.05) is 42.5 Å². The van der Waals surface area contributed by atoms with Crippen LogP contribution >= 0.6 is 27.3 Å². The van der Waals surface area contributed by atoms with Gasteiger partial charge < -0.3 is 10.4 Å². The molecule has 2 heterocycles. The van der Waals surface area contributed by atoms with Gasteiger partial charge in [-0.15, -0.1) is 11.3 Å². The van der Waals surface area contributed by atoms with Crippen molar-refractivity contribution in [3.63, 3.8) is 0 Å². The summed E-state index contributed by atoms with van der Waals surface area (Å²) in [5, 5.41) is 16.6. The highest BCUT2D eigenvalue weighted by Crippen LogP contribution is 2.33. The summed E-state index contributed by atoms with van der Waals surface area (Å²) in [6.07, 6.45) is 1.68. The number of halogens is 1. The molecule has 0 aliphatic rings. The number of carboxylic acid groups (broad SMARTS) is 1. The zero-order valence-corrected chi connectivity index (χ0v) is 17.3. The van der Waals surface area contributed by atoms with E-state index in [2.05, 4.69) is 26.3 Å². The quantitative estimate of drug-likeness (QED) is 0.416. The number of rotatable bonds is 5. The van der Waals surface area contributed by atoms with Gasteiger partial charge in [0, 0.05) is 11.9 Å². The van der Waals surface area contributed by atoms with Gasteiger partial charge in [0.05, 0.1) is 25.5 Å². The Hall–Kier alpha value is -3.23. The first kappa shape index (κ1) is 19.1. The lowest BCUT2D eigenvalue weighted by Crippen LogP contribution is -2.12. The fourth-order valence-electron chi connectivity index (χ4n) is 2.81. The third-order valence-electron chi connectivity index (χ3n) is 4.15. The van der Waals surface area contributed by atoms with Gasteiger partial charge in [0.2, 0.25) is 0 Å². The number of thiophene rings is 1. The monoisotopic (exact) mass is 467 g/mol. The summed E-state index contributed by atoms with van der Waals surface area (Å²) in [5.41, 5.74) is 2.28. The first-order chi connectivity index (χ1) is 14.0. The molecule has 0 unspecified atom stereocenters. The number of nitrogens with zero attached hydrogens (tertiary/aromatic N) is 2. The lowest BCUT2D eigenvalue weighted by atomic mass is 10.1. The molecule has 0 radical (unpaired) electrons. The van der Waals surface area contributed by atoms with E-state index in [4.69, 9.17) is 5.11 Å². The number of aromatic nitrogens is 2. The standard InChI is InChI=1S/C21H14BrN3O3S/c22-18-10-9-17(29-18)19-16(12-25(24-19)15-7-2-1-3-8-15)20(26)23-14-6-4-5-13(11-14)21(27)28/h1-12H,(H,23,26)(H,27,28). The summed E-state index contributed by atoms with van der Waals surface area (Å²) in [4.78, 5) is 25.0. The number of carbonyl (C=O) groups excluding carboxylic acids is 1. The van der Waals surface area contributed by atoms with E-state index in [1.54, 1.807) is 23.0 Å². The van der Waals surface area contributed by atoms with E-state index < -0.39 is 5.97 Å². The number of para-hydroxylation sites is 1. The third-order valence-corrected chi connectivity index (χ3v) is 5.78. The second kappa shape index (κ2) is 8.02. The van der Waals surface area contributed by atoms with Gasteiger partial charge in [0.25, 0.3) is 5.91 Å². The van der Waals surface area contributed by atoms with Crippen LogP contribution in [0.2, 0.25) is 0 Å². The predicted octanol–water partition coefficient (Wildman–Crippen LogP) is 5.31. The van der Waals surface area contributed by atoms with Crippen LogP contribution in [0.3, 0.4) is 0 Å². The number of carboxylic acids is 1. The van der Waals surface area contributed by atoms with Crippen molar-refractivity contribution in [3.05, 3.63) is 87.8 Å². The number of amides is 1. The number of nitrogens with one attached hydrogen (secondary N) is 1. The van der Waals surface area contributed by atoms with Gasteiger partial charge in [-0.05, 0) is 58.4 Å². The highest BCUT2D eigenvalue weighted by atomic mass is 79.9. The van der Waals surface area contributed by atoms with Gasteiger partial charge in [-0.3, -0.25) is 4.79 Å². The topological polar surface area (TPSA) is 84.2 Å². The minimum absolute atomic E-state index is 0.102. The minimum Gasteiger partial charge on any atom is -0.478 e. The van der Waals surface area contributed by atoms with E-state index >= 15 is 0 Å². The van der Waals surface area contributed by atoms with Crippen molar-refractivity contribution in [2.75, 3.05) is 5.32 Å². The molecule has 8 heteroatoms. The Morgan fingerprint density at radius 2 is 1.83 bits per heavy atom. The Morgan fingerprint density at radius 1 is 1.03 bits per heavy atom. The van der Waals surface area contributed by atoms with Crippen LogP contribution in [0.4, 0.5) is 5.69 Å². The van der Waals surface area contributed by atoms with Crippen molar-refractivity contribution < 1.29 is 14.7 Å². The Balaban J connectivity index is 1.73. The maximum absolute atomic E-state index is 13.0. The van der Waals surface area contributed by atoms with Crippen LogP contribution in [0.1, 0.15) is 20.7 Å². The summed E-state index contributed by atoms with van der Waals surface area (Å²) in [6.45, 7) is 0. The molecule has 2 aromatic carbocycles. The fraction of sp³-hybridized carbons (Fsp3) is 0. The molecule has 1 amide bonds. The van der Waals surface area contributed by atoms with Crippen LogP contribution in [0, 0.1) is 0 Å². The van der Waals surface area contributed by atoms with Crippen molar-refractivity contribution in [3.8, 4) is 16.3 Å². The van der Waals surface area contributed by atoms with Gasteiger partial charge in [-0.2, -0.15) is 5.10 Å². The van der Waals surface area contributed by atoms with Crippen molar-refractivity contribution in [1.82, 2.24) is 9.78 Å². The van der Waals surface area contributed by atoms with Crippen LogP contribution < -0.4 is 5.32 Å². The Labute approximate surface area is 178 Å². The number of hydrogen-bond donors (Lipinski definition) is 2. The molecule has 29 heavy (non-hydrogen) atoms. The van der Waals surface area contributed by atoms with E-state index in [9.17, 15) is 9.59 Å². The van der Waals surface area contributed by atoms with Crippen LogP contribution in [-0.4, -0.2) is 26.8 Å². The molecule has 0 saturated carbocycles. The average molecular weight is 468 g/mol. The normalized spacial score (nSPS) is 10.7. The summed E-state index contributed by atoms with van der Waals surface area (Å²) < 4.78 is 2.59. The molecule has 2 N–H and O–H groups in total. The first-order valence-corrected chi connectivity index (χ1v) is 10.2. The van der Waals surface area contributed by atoms with Gasteiger partial charge in [0.15, 0.2) is 0 Å². The molecule has 0 atom stereocenters. The van der Waals surface area contributed by atoms with Crippen LogP contribution in [0.25, 0.3) is 16.3 Å². The molecule has 0 spiro atoms. The SMILES string of the molecule is O=C(O)c1cccc(NC(=O)c2cn(-c3ccccc3)nc2-c2ccc(Br)s2)c1. The summed E-state index contributed by atoms with van der Waals surface area (Å²) in [7, 11) is 0. The number of benzene rings is 2. The molecule has 0 aliphatic heterocycles. The van der Waals surface area contributed by atoms with Crippen molar-refractivity contribution in [2.45, 2.75) is 0 Å². The molecule has 4 aromatic rings. The first-order valence-electron chi connectivity index (χ1n) is 8.57. The van der Waals surface area contributed by atoms with Crippen LogP contribution in [-0.2, 0) is 0 Å². The molecule has 0 aliphatic carbocycles. The maximum atomic E-state index is 13.0. The molecule has 144 valence electrons. The summed E-state index contributed by atoms with van der Waals surface area (Å²) in [6, 6.07) is 19.4. The molecule has 0 fully saturated rings. The minimum atomic E-state index is -1.05. The molecule has 2 aromatic heterocycles. The zero-order chi connectivity index (χ0) is 20.4. The Kier molecular flexibility index (Phi) is 5.28. The molecular weight excluding hydrogens is 454 g/mol. The number of hydrogen-bond acceptors (Lipinski definition) is 4. The number of carbonyl (C=O) groups is 2. The smallest absolute Gasteiger partial charge is 0.335 e. The van der Waals surface area contributed by atoms with Crippen molar-refractivity contribution in [1.29, 1.82) is 0 Å². The Bertz CT molecular complexity index is 1200. The highest BCUT2D eigenvalue weighted by Gasteiger charge is 2.20. The van der Waals surface area contributed by atoms with E-state index in [1.165, 1.54) is 23.5 Å². The van der Waals surface area contributed by atoms with Gasteiger partial charge in [-0.1, -0.05) is 24.3 Å². The maximum Gasteiger partial charge on any atom is 0.335 e. The van der Waals surface area contributed by atoms with Crippen LogP contribution in [0.15, 0.2) is 76.7 Å². The van der Waals surface area contributed by atoms with Crippen molar-refractivity contribution in [2.24, 2.45) is 0 Å². The molecular formula is C21H14BrN3O3S. The zero-order valence-electron chi connectivity index (χ0n) is 14.9. The van der Waals surface area contributed by atoms with E-state index in [-0.39, 0.29) is 11.5 Å². The van der Waals surface area contributed by atoms with Gasteiger partial charge >= 0.3 is 5.97 Å². The fourth-order valence-corrected chi connectivity index (χ4v) is 4.19. The molecule has 4 rings (SSSR count). The second-order valence-electron chi connectivity index (χ2n) is 6.12. The average Bonchev–Trinajstić information content (AvgIpc) is 3.35. The second-order valence-corrected chi connectivity index (χ2v) is 8.58. The van der Waals surface area contributed by atoms with E-state index in [0.717, 1.165) is 14.4 Å². The molecule has 0 bridgehead atoms. The summed E-state index contributed by atoms with van der Waals surface area (Å²) >= 11 is 4.92. The van der Waals surface area contributed by atoms with Gasteiger partial charge in [0.1, 0.15) is 5.69 Å². The van der Waals surface area contributed by atoms with Crippen LogP contribution in [0.5, 0.6) is 0 Å². The Morgan fingerprint density at radius 3 is 2.52 bits per heavy atom. The largest absolute Gasteiger partial charge is 0.478 e. The van der Waals surface area contributed by atoms with E-state index in [0.29, 0.717) is 16.9 Å². The third kappa shape index (κ3) is 4.13. The number of anilines is 1.